The topological polar surface area (TPSA) is 47.0 Å². The number of halogens is 1. The molecule has 26 heavy (non-hydrogen) atoms. The molecule has 2 aliphatic heterocycles. The van der Waals surface area contributed by atoms with Crippen molar-refractivity contribution in [3.63, 3.8) is 0 Å². The van der Waals surface area contributed by atoms with Gasteiger partial charge < -0.3 is 20.0 Å². The minimum Gasteiger partial charge on any atom is -0.354 e. The molecule has 0 spiro atoms. The van der Waals surface area contributed by atoms with E-state index in [1.165, 1.54) is 18.4 Å². The number of nitrogens with one attached hydrogen (secondary N) is 1. The van der Waals surface area contributed by atoms with E-state index in [4.69, 9.17) is 0 Å². The summed E-state index contributed by atoms with van der Waals surface area (Å²) in [5.41, 5.74) is 1.20. The summed E-state index contributed by atoms with van der Waals surface area (Å²) in [4.78, 5) is 16.2. The molecule has 0 unspecified atom stereocenters. The summed E-state index contributed by atoms with van der Waals surface area (Å²) in [5.74, 6) is 2.93. The fourth-order valence-electron chi connectivity index (χ4n) is 3.48. The fourth-order valence-corrected chi connectivity index (χ4v) is 3.48. The van der Waals surface area contributed by atoms with Crippen LogP contribution < -0.4 is 10.2 Å². The number of rotatable bonds is 3. The molecule has 0 aromatic carbocycles. The zero-order chi connectivity index (χ0) is 17.6. The number of piperidine rings is 1. The lowest BCUT2D eigenvalue weighted by atomic mass is 10.00. The summed E-state index contributed by atoms with van der Waals surface area (Å²) in [6, 6.07) is 4.33. The molecular formula is C19H33IN6. The van der Waals surface area contributed by atoms with Crippen LogP contribution in [0.5, 0.6) is 0 Å². The summed E-state index contributed by atoms with van der Waals surface area (Å²) in [7, 11) is 4.05. The van der Waals surface area contributed by atoms with Crippen LogP contribution in [0.15, 0.2) is 23.3 Å². The number of pyridine rings is 1. The Morgan fingerprint density at radius 2 is 1.85 bits per heavy atom. The van der Waals surface area contributed by atoms with E-state index in [1.807, 2.05) is 13.2 Å². The second-order valence-corrected chi connectivity index (χ2v) is 7.39. The molecule has 0 saturated carbocycles. The van der Waals surface area contributed by atoms with E-state index in [0.29, 0.717) is 0 Å². The number of aliphatic imine (C=N–C) groups is 1. The van der Waals surface area contributed by atoms with Gasteiger partial charge in [-0.25, -0.2) is 4.98 Å². The molecule has 6 nitrogen and oxygen atoms in total. The molecule has 7 heteroatoms. The minimum absolute atomic E-state index is 0. The van der Waals surface area contributed by atoms with Crippen LogP contribution in [0, 0.1) is 5.92 Å². The number of guanidine groups is 1. The quantitative estimate of drug-likeness (QED) is 0.416. The molecule has 0 atom stereocenters. The van der Waals surface area contributed by atoms with Crippen LogP contribution in [0.25, 0.3) is 0 Å². The maximum Gasteiger partial charge on any atom is 0.193 e. The average molecular weight is 472 g/mol. The van der Waals surface area contributed by atoms with Crippen molar-refractivity contribution in [3.8, 4) is 0 Å². The number of aromatic nitrogens is 1. The largest absolute Gasteiger partial charge is 0.354 e. The summed E-state index contributed by atoms with van der Waals surface area (Å²) >= 11 is 0. The highest BCUT2D eigenvalue weighted by atomic mass is 127. The number of hydrogen-bond donors (Lipinski definition) is 1. The Hall–Kier alpha value is -1.09. The number of likely N-dealkylation sites (N-methyl/N-ethyl adjacent to an activating group) is 1. The van der Waals surface area contributed by atoms with Gasteiger partial charge in [-0.1, -0.05) is 13.0 Å². The first-order chi connectivity index (χ1) is 12.2. The van der Waals surface area contributed by atoms with Gasteiger partial charge in [-0.3, -0.25) is 4.99 Å². The van der Waals surface area contributed by atoms with Gasteiger partial charge in [0.2, 0.25) is 0 Å². The summed E-state index contributed by atoms with van der Waals surface area (Å²) in [5, 5.41) is 3.49. The SMILES string of the molecule is CN=C(NCc1ccc(N2CCN(C)CC2)nc1)N1CCC(C)CC1.I. The lowest BCUT2D eigenvalue weighted by Crippen LogP contribution is -2.45. The molecule has 146 valence electrons. The second kappa shape index (κ2) is 10.3. The second-order valence-electron chi connectivity index (χ2n) is 7.39. The van der Waals surface area contributed by atoms with Crippen molar-refractivity contribution in [1.82, 2.24) is 20.1 Å². The summed E-state index contributed by atoms with van der Waals surface area (Å²) < 4.78 is 0. The van der Waals surface area contributed by atoms with Crippen molar-refractivity contribution in [2.24, 2.45) is 10.9 Å². The molecule has 0 bridgehead atoms. The molecule has 2 aliphatic rings. The number of likely N-dealkylation sites (tertiary alicyclic amines) is 1. The lowest BCUT2D eigenvalue weighted by Gasteiger charge is -2.33. The Morgan fingerprint density at radius 1 is 1.15 bits per heavy atom. The van der Waals surface area contributed by atoms with E-state index in [-0.39, 0.29) is 24.0 Å². The number of hydrogen-bond acceptors (Lipinski definition) is 4. The Labute approximate surface area is 175 Å². The predicted molar refractivity (Wildman–Crippen MR) is 120 cm³/mol. The summed E-state index contributed by atoms with van der Waals surface area (Å²) in [6.45, 7) is 9.63. The van der Waals surface area contributed by atoms with Gasteiger partial charge in [0.05, 0.1) is 0 Å². The highest BCUT2D eigenvalue weighted by Crippen LogP contribution is 2.16. The zero-order valence-electron chi connectivity index (χ0n) is 16.3. The van der Waals surface area contributed by atoms with Crippen LogP contribution in [0.1, 0.15) is 25.3 Å². The zero-order valence-corrected chi connectivity index (χ0v) is 18.6. The standard InChI is InChI=1S/C19H32N6.HI/c1-16-6-8-25(9-7-16)19(20-2)22-15-17-4-5-18(21-14-17)24-12-10-23(3)11-13-24;/h4-5,14,16H,6-13,15H2,1-3H3,(H,20,22);1H. The first-order valence-corrected chi connectivity index (χ1v) is 9.49. The van der Waals surface area contributed by atoms with Crippen LogP contribution in [0.2, 0.25) is 0 Å². The van der Waals surface area contributed by atoms with Gasteiger partial charge in [0.15, 0.2) is 5.96 Å². The van der Waals surface area contributed by atoms with Crippen molar-refractivity contribution < 1.29 is 0 Å². The van der Waals surface area contributed by atoms with Gasteiger partial charge in [0.1, 0.15) is 5.82 Å². The maximum absolute atomic E-state index is 4.67. The van der Waals surface area contributed by atoms with E-state index >= 15 is 0 Å². The molecule has 1 aromatic heterocycles. The van der Waals surface area contributed by atoms with Crippen molar-refractivity contribution >= 4 is 35.8 Å². The molecule has 0 aliphatic carbocycles. The van der Waals surface area contributed by atoms with Crippen LogP contribution in [-0.4, -0.2) is 74.1 Å². The van der Waals surface area contributed by atoms with Crippen molar-refractivity contribution in [2.75, 3.05) is 58.3 Å². The van der Waals surface area contributed by atoms with E-state index in [1.54, 1.807) is 0 Å². The number of piperazine rings is 1. The average Bonchev–Trinajstić information content (AvgIpc) is 2.65. The van der Waals surface area contributed by atoms with E-state index < -0.39 is 0 Å². The third-order valence-electron chi connectivity index (χ3n) is 5.38. The Balaban J connectivity index is 0.00000243. The van der Waals surface area contributed by atoms with Crippen LogP contribution in [-0.2, 0) is 6.54 Å². The third kappa shape index (κ3) is 5.70. The van der Waals surface area contributed by atoms with Gasteiger partial charge in [-0.2, -0.15) is 0 Å². The minimum atomic E-state index is 0. The molecule has 2 fully saturated rings. The van der Waals surface area contributed by atoms with Gasteiger partial charge in [-0.05, 0) is 37.4 Å². The fraction of sp³-hybridized carbons (Fsp3) is 0.684. The smallest absolute Gasteiger partial charge is 0.193 e. The van der Waals surface area contributed by atoms with Gasteiger partial charge >= 0.3 is 0 Å². The molecule has 0 radical (unpaired) electrons. The van der Waals surface area contributed by atoms with Gasteiger partial charge in [-0.15, -0.1) is 24.0 Å². The molecule has 1 aromatic rings. The Bertz CT molecular complexity index is 560. The Kier molecular flexibility index (Phi) is 8.40. The van der Waals surface area contributed by atoms with Crippen molar-refractivity contribution in [1.29, 1.82) is 0 Å². The number of anilines is 1. The highest BCUT2D eigenvalue weighted by Gasteiger charge is 2.18. The highest BCUT2D eigenvalue weighted by molar-refractivity contribution is 14.0. The first kappa shape index (κ1) is 21.2. The van der Waals surface area contributed by atoms with Crippen molar-refractivity contribution in [3.05, 3.63) is 23.9 Å². The molecule has 3 rings (SSSR count). The van der Waals surface area contributed by atoms with Crippen molar-refractivity contribution in [2.45, 2.75) is 26.3 Å². The monoisotopic (exact) mass is 472 g/mol. The molecular weight excluding hydrogens is 439 g/mol. The van der Waals surface area contributed by atoms with Crippen LogP contribution in [0.3, 0.4) is 0 Å². The summed E-state index contributed by atoms with van der Waals surface area (Å²) in [6.07, 6.45) is 4.50. The first-order valence-electron chi connectivity index (χ1n) is 9.49. The van der Waals surface area contributed by atoms with Crippen LogP contribution >= 0.6 is 24.0 Å². The molecule has 0 amide bonds. The molecule has 2 saturated heterocycles. The van der Waals surface area contributed by atoms with Crippen LogP contribution in [0.4, 0.5) is 5.82 Å². The maximum atomic E-state index is 4.67. The van der Waals surface area contributed by atoms with Gasteiger partial charge in [0, 0.05) is 59.1 Å². The van der Waals surface area contributed by atoms with E-state index in [9.17, 15) is 0 Å². The number of nitrogens with zero attached hydrogens (tertiary/aromatic N) is 5. The predicted octanol–water partition coefficient (Wildman–Crippen LogP) is 2.26. The lowest BCUT2D eigenvalue weighted by molar-refractivity contribution is 0.273. The van der Waals surface area contributed by atoms with E-state index in [2.05, 4.69) is 56.1 Å². The normalized spacial score (nSPS) is 20.0. The third-order valence-corrected chi connectivity index (χ3v) is 5.38. The molecule has 3 heterocycles. The van der Waals surface area contributed by atoms with E-state index in [0.717, 1.165) is 63.5 Å². The molecule has 1 N–H and O–H groups in total. The Morgan fingerprint density at radius 3 is 2.42 bits per heavy atom. The van der Waals surface area contributed by atoms with Gasteiger partial charge in [0.25, 0.3) is 0 Å².